The van der Waals surface area contributed by atoms with Crippen LogP contribution < -0.4 is 5.32 Å². The monoisotopic (exact) mass is 267 g/mol. The maximum Gasteiger partial charge on any atom is 0.115 e. The van der Waals surface area contributed by atoms with Gasteiger partial charge in [-0.2, -0.15) is 0 Å². The number of benzene rings is 2. The molecule has 1 aliphatic rings. The van der Waals surface area contributed by atoms with Crippen LogP contribution in [-0.2, 0) is 6.42 Å². The minimum absolute atomic E-state index is 0.349. The third-order valence-corrected chi connectivity index (χ3v) is 4.29. The Balaban J connectivity index is 1.87. The topological polar surface area (TPSA) is 32.3 Å². The van der Waals surface area contributed by atoms with Gasteiger partial charge in [-0.1, -0.05) is 12.1 Å². The Kier molecular flexibility index (Phi) is 3.39. The Hall–Kier alpha value is -1.96. The van der Waals surface area contributed by atoms with Gasteiger partial charge in [0, 0.05) is 5.69 Å². The molecule has 2 heteroatoms. The van der Waals surface area contributed by atoms with E-state index in [1.165, 1.54) is 34.4 Å². The highest BCUT2D eigenvalue weighted by Crippen LogP contribution is 2.34. The summed E-state index contributed by atoms with van der Waals surface area (Å²) in [7, 11) is 0. The van der Waals surface area contributed by atoms with Crippen LogP contribution in [0.25, 0.3) is 0 Å². The molecule has 1 unspecified atom stereocenters. The Bertz CT molecular complexity index is 633. The second-order valence-corrected chi connectivity index (χ2v) is 5.77. The Morgan fingerprint density at radius 3 is 2.70 bits per heavy atom. The summed E-state index contributed by atoms with van der Waals surface area (Å²) in [4.78, 5) is 0. The lowest BCUT2D eigenvalue weighted by Crippen LogP contribution is -2.17. The molecule has 0 radical (unpaired) electrons. The maximum absolute atomic E-state index is 9.61. The van der Waals surface area contributed by atoms with E-state index >= 15 is 0 Å². The number of rotatable bonds is 2. The van der Waals surface area contributed by atoms with Crippen molar-refractivity contribution in [3.8, 4) is 5.75 Å². The zero-order valence-corrected chi connectivity index (χ0v) is 12.1. The number of nitrogens with one attached hydrogen (secondary N) is 1. The van der Waals surface area contributed by atoms with Gasteiger partial charge in [-0.15, -0.1) is 0 Å². The molecule has 2 nitrogen and oxygen atoms in total. The summed E-state index contributed by atoms with van der Waals surface area (Å²) in [5, 5.41) is 13.3. The lowest BCUT2D eigenvalue weighted by Gasteiger charge is -2.27. The van der Waals surface area contributed by atoms with E-state index in [1.807, 2.05) is 6.07 Å². The first-order valence-electron chi connectivity index (χ1n) is 7.29. The highest BCUT2D eigenvalue weighted by atomic mass is 16.3. The van der Waals surface area contributed by atoms with E-state index in [2.05, 4.69) is 43.4 Å². The smallest absolute Gasteiger partial charge is 0.115 e. The van der Waals surface area contributed by atoms with Crippen molar-refractivity contribution in [2.45, 2.75) is 39.2 Å². The Morgan fingerprint density at radius 1 is 1.05 bits per heavy atom. The van der Waals surface area contributed by atoms with E-state index in [0.29, 0.717) is 11.8 Å². The van der Waals surface area contributed by atoms with Gasteiger partial charge in [0.15, 0.2) is 0 Å². The molecule has 0 heterocycles. The lowest BCUT2D eigenvalue weighted by molar-refractivity contribution is 0.472. The summed E-state index contributed by atoms with van der Waals surface area (Å²) in [6, 6.07) is 12.6. The molecule has 0 saturated heterocycles. The molecular formula is C18H21NO. The number of anilines is 1. The second kappa shape index (κ2) is 5.20. The number of hydrogen-bond donors (Lipinski definition) is 2. The van der Waals surface area contributed by atoms with Crippen molar-refractivity contribution in [1.82, 2.24) is 0 Å². The van der Waals surface area contributed by atoms with Crippen LogP contribution in [0.2, 0.25) is 0 Å². The van der Waals surface area contributed by atoms with Crippen molar-refractivity contribution >= 4 is 5.69 Å². The number of aromatic hydroxyl groups is 1. The molecule has 1 aliphatic carbocycles. The van der Waals surface area contributed by atoms with Gasteiger partial charge in [0.2, 0.25) is 0 Å². The van der Waals surface area contributed by atoms with Crippen LogP contribution in [0.15, 0.2) is 36.4 Å². The number of phenols is 1. The number of phenolic OH excluding ortho intramolecular Hbond substituents is 1. The minimum atomic E-state index is 0.349. The molecule has 0 amide bonds. The van der Waals surface area contributed by atoms with Gasteiger partial charge in [0.1, 0.15) is 5.75 Å². The predicted molar refractivity (Wildman–Crippen MR) is 83.3 cm³/mol. The summed E-state index contributed by atoms with van der Waals surface area (Å²) in [6.07, 6.45) is 3.37. The molecule has 0 aromatic heterocycles. The summed E-state index contributed by atoms with van der Waals surface area (Å²) in [5.41, 5.74) is 6.42. The van der Waals surface area contributed by atoms with Gasteiger partial charge in [0.05, 0.1) is 6.04 Å². The number of fused-ring (bicyclic) bond motifs is 1. The fourth-order valence-corrected chi connectivity index (χ4v) is 2.98. The van der Waals surface area contributed by atoms with E-state index in [4.69, 9.17) is 0 Å². The first-order valence-corrected chi connectivity index (χ1v) is 7.29. The average molecular weight is 267 g/mol. The summed E-state index contributed by atoms with van der Waals surface area (Å²) in [6.45, 7) is 4.28. The first kappa shape index (κ1) is 13.0. The van der Waals surface area contributed by atoms with Crippen molar-refractivity contribution in [3.05, 3.63) is 58.7 Å². The van der Waals surface area contributed by atoms with Gasteiger partial charge >= 0.3 is 0 Å². The average Bonchev–Trinajstić information content (AvgIpc) is 2.43. The zero-order chi connectivity index (χ0) is 14.1. The normalized spacial score (nSPS) is 17.6. The van der Waals surface area contributed by atoms with Gasteiger partial charge < -0.3 is 10.4 Å². The van der Waals surface area contributed by atoms with Crippen LogP contribution in [-0.4, -0.2) is 5.11 Å². The zero-order valence-electron chi connectivity index (χ0n) is 12.1. The molecular weight excluding hydrogens is 246 g/mol. The van der Waals surface area contributed by atoms with E-state index < -0.39 is 0 Å². The maximum atomic E-state index is 9.61. The van der Waals surface area contributed by atoms with Gasteiger partial charge in [0.25, 0.3) is 0 Å². The van der Waals surface area contributed by atoms with Crippen LogP contribution in [0.3, 0.4) is 0 Å². The van der Waals surface area contributed by atoms with Crippen molar-refractivity contribution < 1.29 is 5.11 Å². The largest absolute Gasteiger partial charge is 0.508 e. The molecule has 0 fully saturated rings. The molecule has 0 saturated carbocycles. The lowest BCUT2D eigenvalue weighted by atomic mass is 9.87. The fraction of sp³-hybridized carbons (Fsp3) is 0.333. The summed E-state index contributed by atoms with van der Waals surface area (Å²) < 4.78 is 0. The highest BCUT2D eigenvalue weighted by molar-refractivity contribution is 5.51. The third-order valence-electron chi connectivity index (χ3n) is 4.29. The van der Waals surface area contributed by atoms with Crippen LogP contribution in [0.5, 0.6) is 5.75 Å². The van der Waals surface area contributed by atoms with Crippen molar-refractivity contribution in [2.75, 3.05) is 5.32 Å². The van der Waals surface area contributed by atoms with Crippen LogP contribution in [0, 0.1) is 13.8 Å². The molecule has 2 N–H and O–H groups in total. The van der Waals surface area contributed by atoms with Gasteiger partial charge in [-0.05, 0) is 79.6 Å². The van der Waals surface area contributed by atoms with Crippen LogP contribution in [0.1, 0.15) is 41.1 Å². The second-order valence-electron chi connectivity index (χ2n) is 5.77. The Morgan fingerprint density at radius 2 is 1.90 bits per heavy atom. The minimum Gasteiger partial charge on any atom is -0.508 e. The fourth-order valence-electron chi connectivity index (χ4n) is 2.98. The molecule has 1 atom stereocenters. The van der Waals surface area contributed by atoms with E-state index in [-0.39, 0.29) is 0 Å². The predicted octanol–water partition coefficient (Wildman–Crippen LogP) is 4.50. The quantitative estimate of drug-likeness (QED) is 0.839. The molecule has 2 aromatic rings. The Labute approximate surface area is 120 Å². The van der Waals surface area contributed by atoms with Gasteiger partial charge in [-0.3, -0.25) is 0 Å². The van der Waals surface area contributed by atoms with Crippen LogP contribution in [0.4, 0.5) is 5.69 Å². The molecule has 3 rings (SSSR count). The standard InChI is InChI=1S/C18H21NO/c1-12-6-7-15(10-13(12)2)19-18-5-3-4-14-11-16(20)8-9-17(14)18/h6-11,18-20H,3-5H2,1-2H3. The molecule has 104 valence electrons. The van der Waals surface area contributed by atoms with Crippen molar-refractivity contribution in [1.29, 1.82) is 0 Å². The van der Waals surface area contributed by atoms with Crippen LogP contribution >= 0.6 is 0 Å². The molecule has 2 aromatic carbocycles. The number of hydrogen-bond acceptors (Lipinski definition) is 2. The van der Waals surface area contributed by atoms with Gasteiger partial charge in [-0.25, -0.2) is 0 Å². The molecule has 0 aliphatic heterocycles. The number of aryl methyl sites for hydroxylation is 3. The highest BCUT2D eigenvalue weighted by Gasteiger charge is 2.20. The molecule has 0 spiro atoms. The third kappa shape index (κ3) is 2.51. The summed E-state index contributed by atoms with van der Waals surface area (Å²) >= 11 is 0. The van der Waals surface area contributed by atoms with E-state index in [9.17, 15) is 5.11 Å². The van der Waals surface area contributed by atoms with E-state index in [0.717, 1.165) is 12.8 Å². The SMILES string of the molecule is Cc1ccc(NC2CCCc3cc(O)ccc32)cc1C. The van der Waals surface area contributed by atoms with E-state index in [1.54, 1.807) is 6.07 Å². The van der Waals surface area contributed by atoms with Crippen molar-refractivity contribution in [2.24, 2.45) is 0 Å². The molecule has 20 heavy (non-hydrogen) atoms. The molecule has 0 bridgehead atoms. The summed E-state index contributed by atoms with van der Waals surface area (Å²) in [5.74, 6) is 0.371. The van der Waals surface area contributed by atoms with Crippen molar-refractivity contribution in [3.63, 3.8) is 0 Å². The first-order chi connectivity index (χ1) is 9.63.